The summed E-state index contributed by atoms with van der Waals surface area (Å²) in [5.41, 5.74) is 1.85. The zero-order chi connectivity index (χ0) is 21.0. The Balaban J connectivity index is 1.51. The Hall–Kier alpha value is -3.35. The van der Waals surface area contributed by atoms with E-state index in [2.05, 4.69) is 16.0 Å². The summed E-state index contributed by atoms with van der Waals surface area (Å²) in [7, 11) is 0. The van der Waals surface area contributed by atoms with Gasteiger partial charge >= 0.3 is 0 Å². The first-order valence-electron chi connectivity index (χ1n) is 9.58. The van der Waals surface area contributed by atoms with Gasteiger partial charge in [-0.05, 0) is 62.7 Å². The van der Waals surface area contributed by atoms with Crippen molar-refractivity contribution >= 4 is 34.8 Å². The van der Waals surface area contributed by atoms with Crippen LogP contribution in [0.25, 0.3) is 0 Å². The fraction of sp³-hybridized carbons (Fsp3) is 0.318. The molecule has 0 saturated heterocycles. The molecule has 3 amide bonds. The number of carbonyl (C=O) groups excluding carboxylic acids is 3. The molecule has 0 spiro atoms. The largest absolute Gasteiger partial charge is 0.491 e. The quantitative estimate of drug-likeness (QED) is 0.667. The van der Waals surface area contributed by atoms with Crippen LogP contribution in [0.5, 0.6) is 5.75 Å². The fourth-order valence-corrected chi connectivity index (χ4v) is 3.01. The van der Waals surface area contributed by atoms with Crippen LogP contribution in [0.3, 0.4) is 0 Å². The maximum absolute atomic E-state index is 12.4. The predicted octanol–water partition coefficient (Wildman–Crippen LogP) is 3.65. The Bertz CT molecular complexity index is 909. The first-order chi connectivity index (χ1) is 13.8. The number of nitrogens with one attached hydrogen (secondary N) is 3. The second kappa shape index (κ2) is 8.77. The minimum atomic E-state index is -0.358. The molecule has 152 valence electrons. The molecule has 7 heteroatoms. The van der Waals surface area contributed by atoms with Gasteiger partial charge in [-0.3, -0.25) is 14.4 Å². The van der Waals surface area contributed by atoms with Gasteiger partial charge in [0.05, 0.1) is 17.9 Å². The molecule has 1 saturated carbocycles. The van der Waals surface area contributed by atoms with Crippen molar-refractivity contribution in [3.63, 3.8) is 0 Å². The lowest BCUT2D eigenvalue weighted by molar-refractivity contribution is -0.122. The SMILES string of the molecule is CC(=O)Nc1cccc(NC(=O)C2CC2C(=O)Nc2ccc(OC(C)C)cc2)c1. The molecule has 2 atom stereocenters. The number of anilines is 3. The van der Waals surface area contributed by atoms with Crippen LogP contribution in [-0.4, -0.2) is 23.8 Å². The van der Waals surface area contributed by atoms with Crippen molar-refractivity contribution in [3.05, 3.63) is 48.5 Å². The monoisotopic (exact) mass is 395 g/mol. The first kappa shape index (κ1) is 20.4. The summed E-state index contributed by atoms with van der Waals surface area (Å²) in [6.07, 6.45) is 0.595. The molecular weight excluding hydrogens is 370 g/mol. The highest BCUT2D eigenvalue weighted by Crippen LogP contribution is 2.40. The van der Waals surface area contributed by atoms with E-state index in [4.69, 9.17) is 4.74 Å². The molecule has 0 radical (unpaired) electrons. The van der Waals surface area contributed by atoms with Gasteiger partial charge in [-0.25, -0.2) is 0 Å². The minimum absolute atomic E-state index is 0.0834. The number of amides is 3. The Morgan fingerprint density at radius 2 is 1.41 bits per heavy atom. The Morgan fingerprint density at radius 3 is 1.97 bits per heavy atom. The Morgan fingerprint density at radius 1 is 0.862 bits per heavy atom. The summed E-state index contributed by atoms with van der Waals surface area (Å²) < 4.78 is 5.58. The third kappa shape index (κ3) is 5.81. The summed E-state index contributed by atoms with van der Waals surface area (Å²) >= 11 is 0. The molecule has 3 N–H and O–H groups in total. The van der Waals surface area contributed by atoms with Crippen molar-refractivity contribution in [2.75, 3.05) is 16.0 Å². The van der Waals surface area contributed by atoms with Crippen molar-refractivity contribution in [3.8, 4) is 5.75 Å². The number of ether oxygens (including phenoxy) is 1. The molecule has 0 heterocycles. The summed E-state index contributed by atoms with van der Waals surface area (Å²) in [6, 6.07) is 14.1. The molecule has 0 aliphatic heterocycles. The van der Waals surface area contributed by atoms with Crippen LogP contribution in [0, 0.1) is 11.8 Å². The predicted molar refractivity (Wildman–Crippen MR) is 112 cm³/mol. The van der Waals surface area contributed by atoms with Crippen molar-refractivity contribution < 1.29 is 19.1 Å². The van der Waals surface area contributed by atoms with Crippen LogP contribution < -0.4 is 20.7 Å². The van der Waals surface area contributed by atoms with Gasteiger partial charge < -0.3 is 20.7 Å². The number of hydrogen-bond acceptors (Lipinski definition) is 4. The van der Waals surface area contributed by atoms with Crippen molar-refractivity contribution in [1.29, 1.82) is 0 Å². The standard InChI is InChI=1S/C22H25N3O4/c1-13(2)29-18-9-7-15(8-10-18)24-21(27)19-12-20(19)22(28)25-17-6-4-5-16(11-17)23-14(3)26/h4-11,13,19-20H,12H2,1-3H3,(H,23,26)(H,24,27)(H,25,28). The smallest absolute Gasteiger partial charge is 0.228 e. The average molecular weight is 395 g/mol. The lowest BCUT2D eigenvalue weighted by atomic mass is 10.2. The molecule has 2 unspecified atom stereocenters. The van der Waals surface area contributed by atoms with Gasteiger partial charge in [0.15, 0.2) is 0 Å². The van der Waals surface area contributed by atoms with Crippen LogP contribution in [0.15, 0.2) is 48.5 Å². The summed E-state index contributed by atoms with van der Waals surface area (Å²) in [5.74, 6) is -0.525. The van der Waals surface area contributed by atoms with E-state index in [1.807, 2.05) is 13.8 Å². The highest BCUT2D eigenvalue weighted by molar-refractivity contribution is 6.03. The molecule has 2 aromatic rings. The van der Waals surface area contributed by atoms with E-state index in [1.54, 1.807) is 48.5 Å². The van der Waals surface area contributed by atoms with E-state index >= 15 is 0 Å². The number of benzene rings is 2. The van der Waals surface area contributed by atoms with Gasteiger partial charge in [0.25, 0.3) is 0 Å². The normalized spacial score (nSPS) is 17.4. The number of rotatable bonds is 7. The second-order valence-electron chi connectivity index (χ2n) is 7.38. The molecule has 7 nitrogen and oxygen atoms in total. The highest BCUT2D eigenvalue weighted by Gasteiger charge is 2.48. The molecule has 29 heavy (non-hydrogen) atoms. The lowest BCUT2D eigenvalue weighted by Crippen LogP contribution is -2.20. The van der Waals surface area contributed by atoms with Crippen LogP contribution in [0.4, 0.5) is 17.1 Å². The van der Waals surface area contributed by atoms with Crippen molar-refractivity contribution in [1.82, 2.24) is 0 Å². The zero-order valence-corrected chi connectivity index (χ0v) is 16.7. The molecule has 0 aromatic heterocycles. The van der Waals surface area contributed by atoms with Gasteiger partial charge in [-0.1, -0.05) is 6.07 Å². The zero-order valence-electron chi connectivity index (χ0n) is 16.7. The fourth-order valence-electron chi connectivity index (χ4n) is 3.01. The van der Waals surface area contributed by atoms with Crippen LogP contribution in [0.1, 0.15) is 27.2 Å². The van der Waals surface area contributed by atoms with E-state index < -0.39 is 0 Å². The highest BCUT2D eigenvalue weighted by atomic mass is 16.5. The maximum atomic E-state index is 12.4. The molecule has 3 rings (SSSR count). The molecule has 1 fully saturated rings. The third-order valence-electron chi connectivity index (χ3n) is 4.41. The second-order valence-corrected chi connectivity index (χ2v) is 7.38. The third-order valence-corrected chi connectivity index (χ3v) is 4.41. The maximum Gasteiger partial charge on any atom is 0.228 e. The molecular formula is C22H25N3O4. The number of hydrogen-bond donors (Lipinski definition) is 3. The van der Waals surface area contributed by atoms with E-state index in [0.717, 1.165) is 5.75 Å². The van der Waals surface area contributed by atoms with E-state index in [-0.39, 0.29) is 35.7 Å². The van der Waals surface area contributed by atoms with E-state index in [9.17, 15) is 14.4 Å². The van der Waals surface area contributed by atoms with Gasteiger partial charge in [-0.2, -0.15) is 0 Å². The van der Waals surface area contributed by atoms with Gasteiger partial charge in [0, 0.05) is 24.0 Å². The minimum Gasteiger partial charge on any atom is -0.491 e. The average Bonchev–Trinajstić information content (AvgIpc) is 3.44. The van der Waals surface area contributed by atoms with Crippen LogP contribution in [0.2, 0.25) is 0 Å². The Labute approximate surface area is 169 Å². The van der Waals surface area contributed by atoms with Crippen LogP contribution in [-0.2, 0) is 14.4 Å². The van der Waals surface area contributed by atoms with E-state index in [1.165, 1.54) is 6.92 Å². The van der Waals surface area contributed by atoms with E-state index in [0.29, 0.717) is 23.5 Å². The molecule has 1 aliphatic carbocycles. The van der Waals surface area contributed by atoms with Gasteiger partial charge in [0.1, 0.15) is 5.75 Å². The Kier molecular flexibility index (Phi) is 6.16. The lowest BCUT2D eigenvalue weighted by Gasteiger charge is -2.11. The first-order valence-corrected chi connectivity index (χ1v) is 9.58. The van der Waals surface area contributed by atoms with Gasteiger partial charge in [0.2, 0.25) is 17.7 Å². The van der Waals surface area contributed by atoms with Crippen LogP contribution >= 0.6 is 0 Å². The molecule has 0 bridgehead atoms. The topological polar surface area (TPSA) is 96.5 Å². The van der Waals surface area contributed by atoms with Crippen molar-refractivity contribution in [2.24, 2.45) is 11.8 Å². The summed E-state index contributed by atoms with van der Waals surface area (Å²) in [6.45, 7) is 5.32. The van der Waals surface area contributed by atoms with Crippen molar-refractivity contribution in [2.45, 2.75) is 33.3 Å². The molecule has 2 aromatic carbocycles. The number of carbonyl (C=O) groups is 3. The summed E-state index contributed by atoms with van der Waals surface area (Å²) in [5, 5.41) is 8.32. The van der Waals surface area contributed by atoms with Gasteiger partial charge in [-0.15, -0.1) is 0 Å². The summed E-state index contributed by atoms with van der Waals surface area (Å²) in [4.78, 5) is 36.0. The molecule has 1 aliphatic rings.